The van der Waals surface area contributed by atoms with Gasteiger partial charge in [-0.05, 0) is 86.9 Å². The molecule has 1 saturated heterocycles. The molecular weight excluding hydrogens is 388 g/mol. The van der Waals surface area contributed by atoms with Crippen LogP contribution in [0.25, 0.3) is 0 Å². The van der Waals surface area contributed by atoms with Gasteiger partial charge < -0.3 is 14.5 Å². The van der Waals surface area contributed by atoms with E-state index in [0.717, 1.165) is 61.7 Å². The van der Waals surface area contributed by atoms with Crippen molar-refractivity contribution in [3.63, 3.8) is 0 Å². The first-order valence-corrected chi connectivity index (χ1v) is 10.6. The van der Waals surface area contributed by atoms with E-state index in [1.54, 1.807) is 12.3 Å². The molecule has 1 aromatic heterocycles. The van der Waals surface area contributed by atoms with Gasteiger partial charge in [0, 0.05) is 13.1 Å². The minimum Gasteiger partial charge on any atom is -0.493 e. The third-order valence-electron chi connectivity index (χ3n) is 5.51. The van der Waals surface area contributed by atoms with Crippen molar-refractivity contribution in [2.45, 2.75) is 40.0 Å². The standard InChI is InChI=1S/C22H29ClN4O2/c1-4-29-24-15-19-5-6-20(17(3)16(19)2)28-14-11-18-9-12-27(13-10-18)22-8-7-21(23)25-26-22/h5-8,15,18H,4,9-14H2,1-3H3. The molecule has 0 aliphatic carbocycles. The van der Waals surface area contributed by atoms with Gasteiger partial charge in [0.25, 0.3) is 0 Å². The molecule has 3 rings (SSSR count). The van der Waals surface area contributed by atoms with Gasteiger partial charge in [0.1, 0.15) is 12.4 Å². The number of halogens is 1. The van der Waals surface area contributed by atoms with Crippen molar-refractivity contribution < 1.29 is 9.57 Å². The van der Waals surface area contributed by atoms with Crippen LogP contribution in [-0.4, -0.2) is 42.7 Å². The van der Waals surface area contributed by atoms with E-state index in [-0.39, 0.29) is 0 Å². The van der Waals surface area contributed by atoms with E-state index in [1.807, 2.05) is 25.1 Å². The normalized spacial score (nSPS) is 15.1. The molecule has 0 bridgehead atoms. The first-order valence-electron chi connectivity index (χ1n) is 10.2. The SMILES string of the molecule is CCON=Cc1ccc(OCCC2CCN(c3ccc(Cl)nn3)CC2)c(C)c1C. The van der Waals surface area contributed by atoms with E-state index in [2.05, 4.69) is 34.1 Å². The third kappa shape index (κ3) is 5.82. The average Bonchev–Trinajstić information content (AvgIpc) is 2.74. The molecule has 156 valence electrons. The lowest BCUT2D eigenvalue weighted by Crippen LogP contribution is -2.34. The first kappa shape index (κ1) is 21.4. The molecule has 0 atom stereocenters. The predicted octanol–water partition coefficient (Wildman–Crippen LogP) is 4.80. The lowest BCUT2D eigenvalue weighted by molar-refractivity contribution is 0.160. The summed E-state index contributed by atoms with van der Waals surface area (Å²) in [6.45, 7) is 9.39. The van der Waals surface area contributed by atoms with Gasteiger partial charge in [-0.25, -0.2) is 0 Å². The molecule has 29 heavy (non-hydrogen) atoms. The molecule has 7 heteroatoms. The predicted molar refractivity (Wildman–Crippen MR) is 117 cm³/mol. The third-order valence-corrected chi connectivity index (χ3v) is 5.72. The molecule has 0 amide bonds. The number of aromatic nitrogens is 2. The highest BCUT2D eigenvalue weighted by atomic mass is 35.5. The Bertz CT molecular complexity index is 818. The summed E-state index contributed by atoms with van der Waals surface area (Å²) in [5, 5.41) is 12.5. The van der Waals surface area contributed by atoms with Crippen LogP contribution in [0.5, 0.6) is 5.75 Å². The fourth-order valence-corrected chi connectivity index (χ4v) is 3.65. The summed E-state index contributed by atoms with van der Waals surface area (Å²) < 4.78 is 6.10. The molecule has 2 aromatic rings. The molecule has 0 spiro atoms. The Kier molecular flexibility index (Phi) is 7.69. The van der Waals surface area contributed by atoms with Gasteiger partial charge in [-0.2, -0.15) is 0 Å². The van der Waals surface area contributed by atoms with Gasteiger partial charge in [0.2, 0.25) is 0 Å². The Morgan fingerprint density at radius 1 is 1.14 bits per heavy atom. The molecule has 0 N–H and O–H groups in total. The van der Waals surface area contributed by atoms with Crippen molar-refractivity contribution in [1.29, 1.82) is 0 Å². The van der Waals surface area contributed by atoms with Gasteiger partial charge >= 0.3 is 0 Å². The maximum absolute atomic E-state index is 6.10. The van der Waals surface area contributed by atoms with Gasteiger partial charge in [0.15, 0.2) is 11.0 Å². The summed E-state index contributed by atoms with van der Waals surface area (Å²) in [5.41, 5.74) is 3.38. The number of oxime groups is 1. The van der Waals surface area contributed by atoms with Gasteiger partial charge in [-0.15, -0.1) is 10.2 Å². The van der Waals surface area contributed by atoms with E-state index in [0.29, 0.717) is 17.7 Å². The molecule has 0 saturated carbocycles. The Hall–Kier alpha value is -2.34. The molecule has 1 aromatic carbocycles. The van der Waals surface area contributed by atoms with Crippen LogP contribution in [0.3, 0.4) is 0 Å². The molecular formula is C22H29ClN4O2. The second-order valence-corrected chi connectivity index (χ2v) is 7.72. The topological polar surface area (TPSA) is 59.8 Å². The number of rotatable bonds is 8. The maximum Gasteiger partial charge on any atom is 0.151 e. The number of nitrogens with zero attached hydrogens (tertiary/aromatic N) is 4. The van der Waals surface area contributed by atoms with Crippen molar-refractivity contribution in [3.8, 4) is 5.75 Å². The van der Waals surface area contributed by atoms with Crippen LogP contribution in [0.1, 0.15) is 42.9 Å². The van der Waals surface area contributed by atoms with Crippen LogP contribution in [0.15, 0.2) is 29.4 Å². The molecule has 6 nitrogen and oxygen atoms in total. The summed E-state index contributed by atoms with van der Waals surface area (Å²) >= 11 is 5.82. The largest absolute Gasteiger partial charge is 0.493 e. The van der Waals surface area contributed by atoms with Gasteiger partial charge in [-0.1, -0.05) is 16.8 Å². The zero-order chi connectivity index (χ0) is 20.6. The quantitative estimate of drug-likeness (QED) is 0.456. The zero-order valence-electron chi connectivity index (χ0n) is 17.4. The lowest BCUT2D eigenvalue weighted by Gasteiger charge is -2.32. The minimum atomic E-state index is 0.431. The van der Waals surface area contributed by atoms with E-state index in [4.69, 9.17) is 21.2 Å². The summed E-state index contributed by atoms with van der Waals surface area (Å²) in [6.07, 6.45) is 5.09. The minimum absolute atomic E-state index is 0.431. The van der Waals surface area contributed by atoms with Crippen molar-refractivity contribution in [1.82, 2.24) is 10.2 Å². The van der Waals surface area contributed by atoms with Crippen molar-refractivity contribution in [2.24, 2.45) is 11.1 Å². The zero-order valence-corrected chi connectivity index (χ0v) is 18.2. The average molecular weight is 417 g/mol. The van der Waals surface area contributed by atoms with Crippen molar-refractivity contribution in [2.75, 3.05) is 31.2 Å². The Labute approximate surface area is 177 Å². The molecule has 0 unspecified atom stereocenters. The summed E-state index contributed by atoms with van der Waals surface area (Å²) in [5.74, 6) is 2.53. The van der Waals surface area contributed by atoms with E-state index in [9.17, 15) is 0 Å². The van der Waals surface area contributed by atoms with Crippen LogP contribution in [0.4, 0.5) is 5.82 Å². The molecule has 1 aliphatic rings. The second kappa shape index (κ2) is 10.4. The van der Waals surface area contributed by atoms with Crippen LogP contribution in [0.2, 0.25) is 5.15 Å². The summed E-state index contributed by atoms with van der Waals surface area (Å²) in [4.78, 5) is 7.33. The molecule has 2 heterocycles. The fraction of sp³-hybridized carbons (Fsp3) is 0.500. The highest BCUT2D eigenvalue weighted by Crippen LogP contribution is 2.27. The fourth-order valence-electron chi connectivity index (χ4n) is 3.55. The van der Waals surface area contributed by atoms with E-state index in [1.165, 1.54) is 5.56 Å². The monoisotopic (exact) mass is 416 g/mol. The number of ether oxygens (including phenoxy) is 1. The molecule has 1 fully saturated rings. The number of anilines is 1. The van der Waals surface area contributed by atoms with E-state index >= 15 is 0 Å². The number of piperidine rings is 1. The van der Waals surface area contributed by atoms with Crippen LogP contribution < -0.4 is 9.64 Å². The summed E-state index contributed by atoms with van der Waals surface area (Å²) in [7, 11) is 0. The van der Waals surface area contributed by atoms with Crippen molar-refractivity contribution >= 4 is 23.6 Å². The van der Waals surface area contributed by atoms with Crippen molar-refractivity contribution in [3.05, 3.63) is 46.1 Å². The van der Waals surface area contributed by atoms with Crippen LogP contribution in [-0.2, 0) is 4.84 Å². The highest BCUT2D eigenvalue weighted by molar-refractivity contribution is 6.29. The number of hydrogen-bond donors (Lipinski definition) is 0. The van der Waals surface area contributed by atoms with Crippen LogP contribution >= 0.6 is 11.6 Å². The van der Waals surface area contributed by atoms with Gasteiger partial charge in [-0.3, -0.25) is 0 Å². The number of benzene rings is 1. The smallest absolute Gasteiger partial charge is 0.151 e. The number of hydrogen-bond acceptors (Lipinski definition) is 6. The summed E-state index contributed by atoms with van der Waals surface area (Å²) in [6, 6.07) is 7.79. The molecule has 1 aliphatic heterocycles. The lowest BCUT2D eigenvalue weighted by atomic mass is 9.94. The highest BCUT2D eigenvalue weighted by Gasteiger charge is 2.20. The Balaban J connectivity index is 1.46. The van der Waals surface area contributed by atoms with Crippen LogP contribution in [0, 0.1) is 19.8 Å². The Morgan fingerprint density at radius 3 is 2.62 bits per heavy atom. The van der Waals surface area contributed by atoms with E-state index < -0.39 is 0 Å². The maximum atomic E-state index is 6.10. The Morgan fingerprint density at radius 2 is 1.93 bits per heavy atom. The first-order chi connectivity index (χ1) is 14.1. The molecule has 0 radical (unpaired) electrons. The van der Waals surface area contributed by atoms with Gasteiger partial charge in [0.05, 0.1) is 12.8 Å². The second-order valence-electron chi connectivity index (χ2n) is 7.34.